The molecule has 5 heteroatoms. The highest BCUT2D eigenvalue weighted by atomic mass is 32.2. The maximum absolute atomic E-state index is 11.5. The number of carbonyl (C=O) groups excluding carboxylic acids is 2. The number of ether oxygens (including phenoxy) is 1. The molecule has 0 radical (unpaired) electrons. The molecule has 0 aliphatic heterocycles. The summed E-state index contributed by atoms with van der Waals surface area (Å²) in [6.45, 7) is 1.94. The summed E-state index contributed by atoms with van der Waals surface area (Å²) in [6, 6.07) is 14.0. The molecule has 0 saturated heterocycles. The van der Waals surface area contributed by atoms with Gasteiger partial charge in [-0.2, -0.15) is 0 Å². The van der Waals surface area contributed by atoms with Gasteiger partial charge in [-0.15, -0.1) is 11.8 Å². The number of rotatable bonds is 4. The number of benzene rings is 2. The van der Waals surface area contributed by atoms with Crippen LogP contribution in [-0.2, 0) is 9.53 Å². The van der Waals surface area contributed by atoms with Crippen molar-refractivity contribution in [2.24, 2.45) is 0 Å². The third-order valence-corrected chi connectivity index (χ3v) is 3.60. The maximum atomic E-state index is 11.5. The minimum absolute atomic E-state index is 0.178. The van der Waals surface area contributed by atoms with Crippen molar-refractivity contribution in [2.45, 2.75) is 11.8 Å². The van der Waals surface area contributed by atoms with Crippen molar-refractivity contribution in [3.8, 4) is 0 Å². The topological polar surface area (TPSA) is 55.4 Å². The zero-order valence-electron chi connectivity index (χ0n) is 11.1. The first-order valence-corrected chi connectivity index (χ1v) is 7.26. The average molecular weight is 289 g/mol. The van der Waals surface area contributed by atoms with Crippen molar-refractivity contribution in [2.75, 3.05) is 12.4 Å². The van der Waals surface area contributed by atoms with Crippen LogP contribution in [0.1, 0.15) is 6.92 Å². The summed E-state index contributed by atoms with van der Waals surface area (Å²) in [6.07, 6.45) is -0.698. The highest BCUT2D eigenvalue weighted by molar-refractivity contribution is 8.00. The SMILES string of the molecule is CCOC(=O)NC(=O)CSc1ccc2ccccc2c1. The van der Waals surface area contributed by atoms with E-state index in [1.54, 1.807) is 6.92 Å². The van der Waals surface area contributed by atoms with Gasteiger partial charge in [-0.05, 0) is 29.8 Å². The molecule has 104 valence electrons. The van der Waals surface area contributed by atoms with Gasteiger partial charge in [0, 0.05) is 4.90 Å². The number of imide groups is 1. The van der Waals surface area contributed by atoms with E-state index >= 15 is 0 Å². The Kier molecular flexibility index (Phi) is 5.01. The maximum Gasteiger partial charge on any atom is 0.413 e. The second-order valence-electron chi connectivity index (χ2n) is 4.07. The molecule has 0 aromatic heterocycles. The van der Waals surface area contributed by atoms with Crippen molar-refractivity contribution in [1.29, 1.82) is 0 Å². The molecule has 0 bridgehead atoms. The number of hydrogen-bond donors (Lipinski definition) is 1. The van der Waals surface area contributed by atoms with Crippen molar-refractivity contribution in [3.05, 3.63) is 42.5 Å². The summed E-state index contributed by atoms with van der Waals surface area (Å²) in [5, 5.41) is 4.46. The molecule has 2 amide bonds. The van der Waals surface area contributed by atoms with Crippen LogP contribution in [0, 0.1) is 0 Å². The van der Waals surface area contributed by atoms with Gasteiger partial charge in [0.25, 0.3) is 0 Å². The fraction of sp³-hybridized carbons (Fsp3) is 0.200. The van der Waals surface area contributed by atoms with Crippen LogP contribution in [-0.4, -0.2) is 24.4 Å². The number of amides is 2. The second-order valence-corrected chi connectivity index (χ2v) is 5.12. The molecular weight excluding hydrogens is 274 g/mol. The van der Waals surface area contributed by atoms with Gasteiger partial charge in [0.2, 0.25) is 5.91 Å². The molecule has 0 saturated carbocycles. The molecule has 2 aromatic rings. The summed E-state index contributed by atoms with van der Waals surface area (Å²) in [4.78, 5) is 23.6. The zero-order chi connectivity index (χ0) is 14.4. The second kappa shape index (κ2) is 6.96. The quantitative estimate of drug-likeness (QED) is 0.878. The third-order valence-electron chi connectivity index (χ3n) is 2.61. The third kappa shape index (κ3) is 3.99. The summed E-state index contributed by atoms with van der Waals surface area (Å²) < 4.78 is 4.64. The van der Waals surface area contributed by atoms with Crippen molar-refractivity contribution >= 4 is 34.5 Å². The average Bonchev–Trinajstić information content (AvgIpc) is 2.45. The fourth-order valence-corrected chi connectivity index (χ4v) is 2.47. The van der Waals surface area contributed by atoms with Crippen molar-refractivity contribution < 1.29 is 14.3 Å². The summed E-state index contributed by atoms with van der Waals surface area (Å²) >= 11 is 1.38. The number of alkyl carbamates (subject to hydrolysis) is 1. The van der Waals surface area contributed by atoms with Gasteiger partial charge in [-0.1, -0.05) is 30.3 Å². The van der Waals surface area contributed by atoms with Crippen LogP contribution in [0.25, 0.3) is 10.8 Å². The Morgan fingerprint density at radius 2 is 1.90 bits per heavy atom. The predicted molar refractivity (Wildman–Crippen MR) is 79.8 cm³/mol. The molecule has 1 N–H and O–H groups in total. The summed E-state index contributed by atoms with van der Waals surface area (Å²) in [5.41, 5.74) is 0. The molecule has 0 unspecified atom stereocenters. The van der Waals surface area contributed by atoms with Crippen LogP contribution < -0.4 is 5.32 Å². The molecule has 0 spiro atoms. The normalized spacial score (nSPS) is 10.2. The fourth-order valence-electron chi connectivity index (χ4n) is 1.72. The Bertz CT molecular complexity index is 627. The molecule has 0 heterocycles. The molecule has 0 fully saturated rings. The van der Waals surface area contributed by atoms with Gasteiger partial charge in [-0.3, -0.25) is 10.1 Å². The Morgan fingerprint density at radius 1 is 1.15 bits per heavy atom. The first-order chi connectivity index (χ1) is 9.69. The first kappa shape index (κ1) is 14.4. The lowest BCUT2D eigenvalue weighted by molar-refractivity contribution is -0.117. The van der Waals surface area contributed by atoms with Gasteiger partial charge in [0.05, 0.1) is 12.4 Å². The number of thioether (sulfide) groups is 1. The largest absolute Gasteiger partial charge is 0.450 e. The number of carbonyl (C=O) groups is 2. The Balaban J connectivity index is 1.92. The van der Waals surface area contributed by atoms with E-state index < -0.39 is 6.09 Å². The summed E-state index contributed by atoms with van der Waals surface area (Å²) in [7, 11) is 0. The highest BCUT2D eigenvalue weighted by Gasteiger charge is 2.08. The van der Waals surface area contributed by atoms with Gasteiger partial charge >= 0.3 is 6.09 Å². The number of nitrogens with one attached hydrogen (secondary N) is 1. The Hall–Kier alpha value is -2.01. The van der Waals surface area contributed by atoms with E-state index in [9.17, 15) is 9.59 Å². The van der Waals surface area contributed by atoms with Crippen LogP contribution >= 0.6 is 11.8 Å². The van der Waals surface area contributed by atoms with Crippen LogP contribution in [0.2, 0.25) is 0 Å². The van der Waals surface area contributed by atoms with Gasteiger partial charge in [0.15, 0.2) is 0 Å². The predicted octanol–water partition coefficient (Wildman–Crippen LogP) is 3.20. The van der Waals surface area contributed by atoms with Crippen molar-refractivity contribution in [3.63, 3.8) is 0 Å². The lowest BCUT2D eigenvalue weighted by Crippen LogP contribution is -2.32. The lowest BCUT2D eigenvalue weighted by atomic mass is 10.1. The molecule has 4 nitrogen and oxygen atoms in total. The van der Waals surface area contributed by atoms with Crippen LogP contribution in [0.4, 0.5) is 4.79 Å². The van der Waals surface area contributed by atoms with Crippen LogP contribution in [0.3, 0.4) is 0 Å². The highest BCUT2D eigenvalue weighted by Crippen LogP contribution is 2.23. The van der Waals surface area contributed by atoms with E-state index in [0.29, 0.717) is 0 Å². The minimum Gasteiger partial charge on any atom is -0.450 e. The lowest BCUT2D eigenvalue weighted by Gasteiger charge is -2.05. The van der Waals surface area contributed by atoms with Crippen LogP contribution in [0.5, 0.6) is 0 Å². The standard InChI is InChI=1S/C15H15NO3S/c1-2-19-15(18)16-14(17)10-20-13-8-7-11-5-3-4-6-12(11)9-13/h3-9H,2,10H2,1H3,(H,16,17,18). The number of fused-ring (bicyclic) bond motifs is 1. The van der Waals surface area contributed by atoms with Gasteiger partial charge < -0.3 is 4.74 Å². The molecule has 0 atom stereocenters. The van der Waals surface area contributed by atoms with E-state index in [1.807, 2.05) is 42.5 Å². The van der Waals surface area contributed by atoms with E-state index in [1.165, 1.54) is 11.8 Å². The Labute approximate surface area is 121 Å². The molecule has 0 aliphatic carbocycles. The molecule has 2 aromatic carbocycles. The van der Waals surface area contributed by atoms with Gasteiger partial charge in [0.1, 0.15) is 0 Å². The van der Waals surface area contributed by atoms with E-state index in [0.717, 1.165) is 15.7 Å². The zero-order valence-corrected chi connectivity index (χ0v) is 11.9. The van der Waals surface area contributed by atoms with E-state index in [-0.39, 0.29) is 18.3 Å². The summed E-state index contributed by atoms with van der Waals surface area (Å²) in [5.74, 6) is -0.182. The van der Waals surface area contributed by atoms with E-state index in [4.69, 9.17) is 0 Å². The molecule has 20 heavy (non-hydrogen) atoms. The first-order valence-electron chi connectivity index (χ1n) is 6.27. The van der Waals surface area contributed by atoms with Gasteiger partial charge in [-0.25, -0.2) is 4.79 Å². The van der Waals surface area contributed by atoms with E-state index in [2.05, 4.69) is 10.1 Å². The monoisotopic (exact) mass is 289 g/mol. The van der Waals surface area contributed by atoms with Crippen molar-refractivity contribution in [1.82, 2.24) is 5.32 Å². The smallest absolute Gasteiger partial charge is 0.413 e. The Morgan fingerprint density at radius 3 is 2.65 bits per heavy atom. The molecular formula is C15H15NO3S. The minimum atomic E-state index is -0.698. The number of hydrogen-bond acceptors (Lipinski definition) is 4. The molecule has 2 rings (SSSR count). The molecule has 0 aliphatic rings. The van der Waals surface area contributed by atoms with Crippen LogP contribution in [0.15, 0.2) is 47.4 Å².